The van der Waals surface area contributed by atoms with Gasteiger partial charge >= 0.3 is 12.1 Å². The highest BCUT2D eigenvalue weighted by Gasteiger charge is 2.67. The van der Waals surface area contributed by atoms with Crippen LogP contribution in [-0.4, -0.2) is 28.0 Å². The van der Waals surface area contributed by atoms with Crippen LogP contribution in [0.15, 0.2) is 42.5 Å². The molecule has 2 atom stereocenters. The smallest absolute Gasteiger partial charge is 0.366 e. The van der Waals surface area contributed by atoms with Crippen LogP contribution in [0.5, 0.6) is 0 Å². The Hall–Kier alpha value is -3.62. The maximum Gasteiger partial charge on any atom is 0.419 e. The molecule has 1 aliphatic rings. The lowest BCUT2D eigenvalue weighted by Crippen LogP contribution is -2.34. The van der Waals surface area contributed by atoms with E-state index in [0.29, 0.717) is 18.2 Å². The second kappa shape index (κ2) is 12.0. The first-order valence-electron chi connectivity index (χ1n) is 12.6. The number of anilines is 2. The average Bonchev–Trinajstić information content (AvgIpc) is 3.53. The van der Waals surface area contributed by atoms with Gasteiger partial charge in [-0.25, -0.2) is 13.2 Å². The normalized spacial score (nSPS) is 17.5. The van der Waals surface area contributed by atoms with Gasteiger partial charge < -0.3 is 16.4 Å². The molecule has 17 heteroatoms. The number of rotatable bonds is 8. The van der Waals surface area contributed by atoms with Crippen LogP contribution in [0.2, 0.25) is 5.02 Å². The molecule has 1 aliphatic carbocycles. The molecule has 0 saturated heterocycles. The Bertz CT molecular complexity index is 1730. The van der Waals surface area contributed by atoms with E-state index in [2.05, 4.69) is 5.32 Å². The van der Waals surface area contributed by atoms with Crippen LogP contribution in [0.1, 0.15) is 40.7 Å². The summed E-state index contributed by atoms with van der Waals surface area (Å²) >= 11 is 18.7. The van der Waals surface area contributed by atoms with Crippen LogP contribution in [0.25, 0.3) is 11.1 Å². The summed E-state index contributed by atoms with van der Waals surface area (Å²) in [5.41, 5.74) is 0.450. The van der Waals surface area contributed by atoms with Crippen LogP contribution in [0.4, 0.5) is 46.5 Å². The van der Waals surface area contributed by atoms with Gasteiger partial charge in [-0.1, -0.05) is 24.6 Å². The molecular formula is C28H18Cl3F8N3O3. The number of amides is 3. The van der Waals surface area contributed by atoms with Crippen molar-refractivity contribution in [3.05, 3.63) is 81.6 Å². The molecule has 0 unspecified atom stereocenters. The van der Waals surface area contributed by atoms with Gasteiger partial charge in [0, 0.05) is 29.2 Å². The van der Waals surface area contributed by atoms with Gasteiger partial charge in [0.25, 0.3) is 5.91 Å². The number of alkyl halides is 7. The van der Waals surface area contributed by atoms with Crippen LogP contribution < -0.4 is 16.4 Å². The van der Waals surface area contributed by atoms with Crippen molar-refractivity contribution in [2.24, 2.45) is 11.7 Å². The van der Waals surface area contributed by atoms with Crippen molar-refractivity contribution < 1.29 is 49.5 Å². The highest BCUT2D eigenvalue weighted by Crippen LogP contribution is 2.65. The predicted octanol–water partition coefficient (Wildman–Crippen LogP) is 8.05. The van der Waals surface area contributed by atoms with Crippen LogP contribution >= 0.6 is 34.8 Å². The number of hydrogen-bond acceptors (Lipinski definition) is 3. The quantitative estimate of drug-likeness (QED) is 0.164. The number of nitrogens with one attached hydrogen (secondary N) is 2. The summed E-state index contributed by atoms with van der Waals surface area (Å²) in [5.74, 6) is -15.4. The maximum atomic E-state index is 15.5. The zero-order valence-corrected chi connectivity index (χ0v) is 24.6. The number of carbonyl (C=O) groups is 3. The van der Waals surface area contributed by atoms with Gasteiger partial charge in [0.15, 0.2) is 5.82 Å². The number of benzene rings is 3. The predicted molar refractivity (Wildman–Crippen MR) is 150 cm³/mol. The Morgan fingerprint density at radius 2 is 1.53 bits per heavy atom. The van der Waals surface area contributed by atoms with E-state index in [9.17, 15) is 45.1 Å². The van der Waals surface area contributed by atoms with E-state index in [1.54, 1.807) is 0 Å². The summed E-state index contributed by atoms with van der Waals surface area (Å²) in [6, 6.07) is 5.33. The van der Waals surface area contributed by atoms with E-state index in [4.69, 9.17) is 40.5 Å². The summed E-state index contributed by atoms with van der Waals surface area (Å²) in [4.78, 5) is 37.2. The molecule has 4 rings (SSSR count). The number of hydrogen-bond donors (Lipinski definition) is 3. The monoisotopic (exact) mass is 701 g/mol. The van der Waals surface area contributed by atoms with E-state index in [1.165, 1.54) is 5.32 Å². The molecule has 6 nitrogen and oxygen atoms in total. The molecule has 0 aromatic heterocycles. The van der Waals surface area contributed by atoms with E-state index < -0.39 is 103 Å². The minimum atomic E-state index is -5.06. The third kappa shape index (κ3) is 6.54. The van der Waals surface area contributed by atoms with Gasteiger partial charge in [-0.2, -0.15) is 22.0 Å². The van der Waals surface area contributed by atoms with Crippen molar-refractivity contribution in [2.45, 2.75) is 35.7 Å². The first-order chi connectivity index (χ1) is 20.7. The topological polar surface area (TPSA) is 101 Å². The highest BCUT2D eigenvalue weighted by atomic mass is 35.5. The van der Waals surface area contributed by atoms with E-state index in [1.807, 2.05) is 0 Å². The summed E-state index contributed by atoms with van der Waals surface area (Å²) < 4.78 is 109. The van der Waals surface area contributed by atoms with Gasteiger partial charge in [0.05, 0.1) is 22.1 Å². The lowest BCUT2D eigenvalue weighted by atomic mass is 9.99. The Kier molecular flexibility index (Phi) is 9.10. The molecule has 45 heavy (non-hydrogen) atoms. The van der Waals surface area contributed by atoms with Crippen molar-refractivity contribution in [3.8, 4) is 11.1 Å². The molecule has 0 radical (unpaired) electrons. The van der Waals surface area contributed by atoms with Gasteiger partial charge in [0.2, 0.25) is 11.8 Å². The maximum absolute atomic E-state index is 15.5. The third-order valence-electron chi connectivity index (χ3n) is 6.99. The Morgan fingerprint density at radius 3 is 2.11 bits per heavy atom. The molecule has 240 valence electrons. The number of halogens is 11. The van der Waals surface area contributed by atoms with E-state index >= 15 is 4.39 Å². The fraction of sp³-hybridized carbons (Fsp3) is 0.250. The molecule has 0 heterocycles. The van der Waals surface area contributed by atoms with Crippen molar-refractivity contribution in [1.82, 2.24) is 0 Å². The second-order valence-corrected chi connectivity index (χ2v) is 11.7. The number of carbonyl (C=O) groups excluding carboxylic acids is 3. The SMILES string of the molecule is CCC(F)(F)C(=O)Nc1c(F)ccc(-c2cc(NC(=O)[C@H]3[C@H](c4ccc(F)c(C(F)(F)F)c4)C3(Cl)Cl)cc(C(N)=O)c2Cl)c1F. The first kappa shape index (κ1) is 34.3. The Morgan fingerprint density at radius 1 is 0.911 bits per heavy atom. The zero-order valence-electron chi connectivity index (χ0n) is 22.4. The number of nitrogens with two attached hydrogens (primary N) is 1. The average molecular weight is 703 g/mol. The minimum absolute atomic E-state index is 0.208. The fourth-order valence-corrected chi connectivity index (χ4v) is 5.69. The van der Waals surface area contributed by atoms with Crippen molar-refractivity contribution >= 4 is 63.9 Å². The summed E-state index contributed by atoms with van der Waals surface area (Å²) in [6.07, 6.45) is -6.04. The Labute approximate surface area is 263 Å². The minimum Gasteiger partial charge on any atom is -0.366 e. The van der Waals surface area contributed by atoms with Crippen LogP contribution in [0.3, 0.4) is 0 Å². The number of primary amides is 1. The van der Waals surface area contributed by atoms with Crippen LogP contribution in [0, 0.1) is 23.4 Å². The van der Waals surface area contributed by atoms with Crippen molar-refractivity contribution in [1.29, 1.82) is 0 Å². The third-order valence-corrected chi connectivity index (χ3v) is 8.34. The summed E-state index contributed by atoms with van der Waals surface area (Å²) in [5, 5.41) is 3.29. The summed E-state index contributed by atoms with van der Waals surface area (Å²) in [6.45, 7) is 0.968. The van der Waals surface area contributed by atoms with Gasteiger partial charge in [0.1, 0.15) is 21.7 Å². The lowest BCUT2D eigenvalue weighted by molar-refractivity contribution is -0.140. The molecule has 1 saturated carbocycles. The highest BCUT2D eigenvalue weighted by molar-refractivity contribution is 6.53. The molecule has 4 N–H and O–H groups in total. The molecule has 0 bridgehead atoms. The molecule has 3 aromatic carbocycles. The molecule has 0 spiro atoms. The lowest BCUT2D eigenvalue weighted by Gasteiger charge is -2.17. The van der Waals surface area contributed by atoms with Crippen molar-refractivity contribution in [3.63, 3.8) is 0 Å². The Balaban J connectivity index is 1.72. The van der Waals surface area contributed by atoms with Gasteiger partial charge in [-0.05, 0) is 42.0 Å². The summed E-state index contributed by atoms with van der Waals surface area (Å²) in [7, 11) is 0. The fourth-order valence-electron chi connectivity index (χ4n) is 4.55. The largest absolute Gasteiger partial charge is 0.419 e. The van der Waals surface area contributed by atoms with Crippen molar-refractivity contribution in [2.75, 3.05) is 10.6 Å². The van der Waals surface area contributed by atoms with Gasteiger partial charge in [-0.3, -0.25) is 14.4 Å². The van der Waals surface area contributed by atoms with E-state index in [0.717, 1.165) is 31.2 Å². The zero-order chi connectivity index (χ0) is 33.8. The first-order valence-corrected chi connectivity index (χ1v) is 13.7. The van der Waals surface area contributed by atoms with Gasteiger partial charge in [-0.15, -0.1) is 23.2 Å². The standard InChI is InChI=1S/C28H18Cl3F8N3O3/c1-2-26(35,36)25(45)42-22-17(33)6-4-12(21(22)34)13-8-11(9-14(20(13)29)23(40)43)41-24(44)19-18(27(19,30)31)10-3-5-16(32)15(7-10)28(37,38)39/h3-9,18-19H,2H2,1H3,(H2,40,43)(H,41,44)(H,42,45)/t18-,19+/m0/s1. The molecule has 1 fully saturated rings. The molecule has 3 aromatic rings. The van der Waals surface area contributed by atoms with E-state index in [-0.39, 0.29) is 11.3 Å². The van der Waals surface area contributed by atoms with Crippen LogP contribution in [-0.2, 0) is 15.8 Å². The second-order valence-electron chi connectivity index (χ2n) is 9.90. The molecule has 3 amide bonds. The molecular weight excluding hydrogens is 685 g/mol. The molecule has 0 aliphatic heterocycles.